The lowest BCUT2D eigenvalue weighted by atomic mass is 10.1. The molecule has 0 aliphatic carbocycles. The quantitative estimate of drug-likeness (QED) is 0.324. The molecule has 2 aromatic rings. The van der Waals surface area contributed by atoms with Crippen molar-refractivity contribution in [2.45, 2.75) is 39.5 Å². The molecule has 0 aliphatic heterocycles. The van der Waals surface area contributed by atoms with E-state index in [1.54, 1.807) is 12.1 Å². The van der Waals surface area contributed by atoms with E-state index in [2.05, 4.69) is 22.9 Å². The van der Waals surface area contributed by atoms with Crippen molar-refractivity contribution in [3.05, 3.63) is 65.7 Å². The van der Waals surface area contributed by atoms with Crippen molar-refractivity contribution in [3.8, 4) is 0 Å². The number of unbranched alkanes of at least 4 members (excludes halogenated alkanes) is 2. The zero-order valence-electron chi connectivity index (χ0n) is 16.8. The summed E-state index contributed by atoms with van der Waals surface area (Å²) >= 11 is 5.20. The Morgan fingerprint density at radius 3 is 2.38 bits per heavy atom. The Morgan fingerprint density at radius 1 is 1.00 bits per heavy atom. The molecule has 3 N–H and O–H groups in total. The lowest BCUT2D eigenvalue weighted by Crippen LogP contribution is -2.32. The fourth-order valence-corrected chi connectivity index (χ4v) is 2.82. The fraction of sp³-hybridized carbons (Fsp3) is 0.261. The molecule has 0 aromatic heterocycles. The molecule has 0 heterocycles. The summed E-state index contributed by atoms with van der Waals surface area (Å²) in [6.07, 6.45) is 6.68. The molecule has 0 unspecified atom stereocenters. The van der Waals surface area contributed by atoms with E-state index in [0.29, 0.717) is 17.8 Å². The fourth-order valence-electron chi connectivity index (χ4n) is 2.60. The third kappa shape index (κ3) is 8.70. The summed E-state index contributed by atoms with van der Waals surface area (Å²) in [5.74, 6) is -0.323. The van der Waals surface area contributed by atoms with Crippen molar-refractivity contribution >= 4 is 46.6 Å². The molecule has 0 aliphatic rings. The molecule has 0 atom stereocenters. The first kappa shape index (κ1) is 22.3. The molecule has 152 valence electrons. The Kier molecular flexibility index (Phi) is 9.05. The molecule has 0 fully saturated rings. The van der Waals surface area contributed by atoms with E-state index in [-0.39, 0.29) is 16.9 Å². The first-order valence-electron chi connectivity index (χ1n) is 9.73. The van der Waals surface area contributed by atoms with Gasteiger partial charge in [0.05, 0.1) is 0 Å². The molecule has 0 bridgehead atoms. The van der Waals surface area contributed by atoms with Crippen molar-refractivity contribution in [1.29, 1.82) is 0 Å². The summed E-state index contributed by atoms with van der Waals surface area (Å²) in [4.78, 5) is 24.0. The van der Waals surface area contributed by atoms with Crippen LogP contribution in [0.15, 0.2) is 54.6 Å². The van der Waals surface area contributed by atoms with E-state index in [0.717, 1.165) is 30.4 Å². The van der Waals surface area contributed by atoms with Crippen molar-refractivity contribution in [1.82, 2.24) is 5.32 Å². The number of carbonyl (C=O) groups is 2. The van der Waals surface area contributed by atoms with Crippen LogP contribution in [0.5, 0.6) is 0 Å². The second kappa shape index (κ2) is 11.8. The van der Waals surface area contributed by atoms with Crippen LogP contribution >= 0.6 is 12.2 Å². The van der Waals surface area contributed by atoms with E-state index < -0.39 is 0 Å². The molecule has 0 saturated carbocycles. The maximum absolute atomic E-state index is 12.0. The normalized spacial score (nSPS) is 10.6. The van der Waals surface area contributed by atoms with E-state index >= 15 is 0 Å². The zero-order valence-corrected chi connectivity index (χ0v) is 17.6. The Bertz CT molecular complexity index is 876. The highest BCUT2D eigenvalue weighted by atomic mass is 32.1. The summed E-state index contributed by atoms with van der Waals surface area (Å²) in [7, 11) is 0. The van der Waals surface area contributed by atoms with Gasteiger partial charge in [-0.2, -0.15) is 0 Å². The third-order valence-electron chi connectivity index (χ3n) is 4.15. The molecular formula is C23H27N3O2S. The van der Waals surface area contributed by atoms with Gasteiger partial charge in [-0.15, -0.1) is 0 Å². The summed E-state index contributed by atoms with van der Waals surface area (Å²) < 4.78 is 0. The van der Waals surface area contributed by atoms with Gasteiger partial charge in [-0.3, -0.25) is 14.9 Å². The highest BCUT2D eigenvalue weighted by Crippen LogP contribution is 2.16. The number of anilines is 2. The van der Waals surface area contributed by atoms with Crippen molar-refractivity contribution in [3.63, 3.8) is 0 Å². The SMILES string of the molecule is CCCCCC(=O)Nc1cccc(NC(=S)NC(=O)/C=C/c2ccc(C)cc2)c1. The highest BCUT2D eigenvalue weighted by molar-refractivity contribution is 7.80. The first-order chi connectivity index (χ1) is 14.0. The van der Waals surface area contributed by atoms with Crippen LogP contribution in [0.25, 0.3) is 6.08 Å². The predicted molar refractivity (Wildman–Crippen MR) is 124 cm³/mol. The van der Waals surface area contributed by atoms with Crippen LogP contribution in [0.1, 0.15) is 43.7 Å². The molecule has 29 heavy (non-hydrogen) atoms. The number of thiocarbonyl (C=S) groups is 1. The van der Waals surface area contributed by atoms with Gasteiger partial charge in [0.15, 0.2) is 5.11 Å². The van der Waals surface area contributed by atoms with Gasteiger partial charge in [-0.25, -0.2) is 0 Å². The monoisotopic (exact) mass is 409 g/mol. The maximum atomic E-state index is 12.0. The van der Waals surface area contributed by atoms with Crippen molar-refractivity contribution in [2.24, 2.45) is 0 Å². The van der Waals surface area contributed by atoms with Gasteiger partial charge in [0.2, 0.25) is 11.8 Å². The van der Waals surface area contributed by atoms with E-state index in [1.165, 1.54) is 6.08 Å². The highest BCUT2D eigenvalue weighted by Gasteiger charge is 2.05. The summed E-state index contributed by atoms with van der Waals surface area (Å²) in [5.41, 5.74) is 3.47. The first-order valence-corrected chi connectivity index (χ1v) is 10.1. The minimum Gasteiger partial charge on any atom is -0.332 e. The average Bonchev–Trinajstić information content (AvgIpc) is 2.68. The predicted octanol–water partition coefficient (Wildman–Crippen LogP) is 5.04. The molecule has 0 spiro atoms. The smallest absolute Gasteiger partial charge is 0.250 e. The van der Waals surface area contributed by atoms with Gasteiger partial charge in [-0.1, -0.05) is 55.7 Å². The van der Waals surface area contributed by atoms with Gasteiger partial charge < -0.3 is 10.6 Å². The van der Waals surface area contributed by atoms with Crippen LogP contribution in [0.4, 0.5) is 11.4 Å². The molecule has 0 saturated heterocycles. The Balaban J connectivity index is 1.84. The number of hydrogen-bond acceptors (Lipinski definition) is 3. The molecular weight excluding hydrogens is 382 g/mol. The maximum Gasteiger partial charge on any atom is 0.250 e. The second-order valence-corrected chi connectivity index (χ2v) is 7.18. The number of benzene rings is 2. The topological polar surface area (TPSA) is 70.2 Å². The van der Waals surface area contributed by atoms with Crippen LogP contribution in [-0.4, -0.2) is 16.9 Å². The molecule has 6 heteroatoms. The number of carbonyl (C=O) groups excluding carboxylic acids is 2. The minimum absolute atomic E-state index is 0.00674. The lowest BCUT2D eigenvalue weighted by Gasteiger charge is -2.10. The zero-order chi connectivity index (χ0) is 21.1. The van der Waals surface area contributed by atoms with Crippen LogP contribution in [-0.2, 0) is 9.59 Å². The molecule has 2 aromatic carbocycles. The Morgan fingerprint density at radius 2 is 1.69 bits per heavy atom. The lowest BCUT2D eigenvalue weighted by molar-refractivity contribution is -0.116. The van der Waals surface area contributed by atoms with Crippen LogP contribution in [0.3, 0.4) is 0 Å². The van der Waals surface area contributed by atoms with Crippen molar-refractivity contribution in [2.75, 3.05) is 10.6 Å². The molecule has 2 rings (SSSR count). The standard InChI is InChI=1S/C23H27N3O2S/c1-3-4-5-9-21(27)24-19-7-6-8-20(16-19)25-23(29)26-22(28)15-14-18-12-10-17(2)11-13-18/h6-8,10-16H,3-5,9H2,1-2H3,(H,24,27)(H2,25,26,28,29)/b15-14+. The van der Waals surface area contributed by atoms with Gasteiger partial charge in [-0.05, 0) is 55.4 Å². The van der Waals surface area contributed by atoms with E-state index in [9.17, 15) is 9.59 Å². The van der Waals surface area contributed by atoms with Crippen LogP contribution in [0.2, 0.25) is 0 Å². The number of nitrogens with one attached hydrogen (secondary N) is 3. The Labute approximate surface area is 177 Å². The Hall–Kier alpha value is -2.99. The van der Waals surface area contributed by atoms with Crippen LogP contribution in [0, 0.1) is 6.92 Å². The number of amides is 2. The summed E-state index contributed by atoms with van der Waals surface area (Å²) in [6, 6.07) is 15.1. The van der Waals surface area contributed by atoms with Gasteiger partial charge in [0.25, 0.3) is 0 Å². The van der Waals surface area contributed by atoms with Crippen LogP contribution < -0.4 is 16.0 Å². The third-order valence-corrected chi connectivity index (χ3v) is 4.36. The second-order valence-electron chi connectivity index (χ2n) is 6.77. The number of aryl methyl sites for hydroxylation is 1. The minimum atomic E-state index is -0.316. The van der Waals surface area contributed by atoms with E-state index in [1.807, 2.05) is 49.4 Å². The van der Waals surface area contributed by atoms with Crippen molar-refractivity contribution < 1.29 is 9.59 Å². The summed E-state index contributed by atoms with van der Waals surface area (Å²) in [6.45, 7) is 4.12. The van der Waals surface area contributed by atoms with E-state index in [4.69, 9.17) is 12.2 Å². The molecule has 0 radical (unpaired) electrons. The van der Waals surface area contributed by atoms with Gasteiger partial charge >= 0.3 is 0 Å². The van der Waals surface area contributed by atoms with Gasteiger partial charge in [0.1, 0.15) is 0 Å². The average molecular weight is 410 g/mol. The summed E-state index contributed by atoms with van der Waals surface area (Å²) in [5, 5.41) is 8.64. The largest absolute Gasteiger partial charge is 0.332 e. The molecule has 5 nitrogen and oxygen atoms in total. The number of rotatable bonds is 8. The number of hydrogen-bond donors (Lipinski definition) is 3. The molecule has 2 amide bonds. The van der Waals surface area contributed by atoms with Gasteiger partial charge in [0, 0.05) is 23.9 Å².